The van der Waals surface area contributed by atoms with Gasteiger partial charge in [-0.05, 0) is 50.9 Å². The van der Waals surface area contributed by atoms with E-state index >= 15 is 0 Å². The average Bonchev–Trinajstić information content (AvgIpc) is 2.41. The molecule has 0 fully saturated rings. The van der Waals surface area contributed by atoms with Gasteiger partial charge in [-0.1, -0.05) is 11.6 Å². The van der Waals surface area contributed by atoms with Gasteiger partial charge >= 0.3 is 0 Å². The van der Waals surface area contributed by atoms with Crippen molar-refractivity contribution >= 4 is 55.1 Å². The first-order valence-corrected chi connectivity index (χ1v) is 7.85. The van der Waals surface area contributed by atoms with Crippen molar-refractivity contribution in [2.75, 3.05) is 12.4 Å². The molecule has 2 rings (SSSR count). The van der Waals surface area contributed by atoms with E-state index in [1.54, 1.807) is 25.3 Å². The molecular weight excluding hydrogens is 423 g/mol. The van der Waals surface area contributed by atoms with Gasteiger partial charge in [0.05, 0.1) is 27.9 Å². The highest BCUT2D eigenvalue weighted by Gasteiger charge is 2.14. The van der Waals surface area contributed by atoms with Crippen LogP contribution >= 0.6 is 43.5 Å². The fourth-order valence-electron chi connectivity index (χ4n) is 1.66. The number of carbonyl (C=O) groups is 1. The lowest BCUT2D eigenvalue weighted by atomic mass is 10.2. The second kappa shape index (κ2) is 6.77. The van der Waals surface area contributed by atoms with E-state index in [-0.39, 0.29) is 5.91 Å². The van der Waals surface area contributed by atoms with E-state index in [1.807, 2.05) is 6.92 Å². The van der Waals surface area contributed by atoms with Gasteiger partial charge in [0.1, 0.15) is 5.75 Å². The summed E-state index contributed by atoms with van der Waals surface area (Å²) in [5.74, 6) is 0.277. The summed E-state index contributed by atoms with van der Waals surface area (Å²) in [5.41, 5.74) is 1.65. The van der Waals surface area contributed by atoms with Crippen LogP contribution in [0.15, 0.2) is 33.3 Å². The van der Waals surface area contributed by atoms with Crippen LogP contribution in [0.25, 0.3) is 0 Å². The number of nitrogens with zero attached hydrogens (tertiary/aromatic N) is 1. The summed E-state index contributed by atoms with van der Waals surface area (Å²) in [6, 6.07) is 5.15. The lowest BCUT2D eigenvalue weighted by molar-refractivity contribution is 0.102. The topological polar surface area (TPSA) is 51.2 Å². The van der Waals surface area contributed by atoms with Crippen LogP contribution in [0.1, 0.15) is 16.1 Å². The molecule has 21 heavy (non-hydrogen) atoms. The van der Waals surface area contributed by atoms with Crippen molar-refractivity contribution in [1.29, 1.82) is 0 Å². The lowest BCUT2D eigenvalue weighted by Gasteiger charge is -2.11. The fourth-order valence-corrected chi connectivity index (χ4v) is 3.21. The van der Waals surface area contributed by atoms with Crippen molar-refractivity contribution in [1.82, 2.24) is 4.98 Å². The zero-order valence-electron chi connectivity index (χ0n) is 11.2. The Morgan fingerprint density at radius 3 is 2.62 bits per heavy atom. The number of benzene rings is 1. The number of ether oxygens (including phenoxy) is 1. The third-order valence-electron chi connectivity index (χ3n) is 2.72. The van der Waals surface area contributed by atoms with E-state index < -0.39 is 0 Å². The van der Waals surface area contributed by atoms with Gasteiger partial charge in [-0.15, -0.1) is 0 Å². The van der Waals surface area contributed by atoms with Crippen molar-refractivity contribution < 1.29 is 9.53 Å². The van der Waals surface area contributed by atoms with Gasteiger partial charge in [0.25, 0.3) is 5.91 Å². The summed E-state index contributed by atoms with van der Waals surface area (Å²) in [7, 11) is 1.56. The SMILES string of the molecule is COc1cc(NC(=O)c2cnc(C)cc2Cl)c(Br)cc1Br. The second-order valence-corrected chi connectivity index (χ2v) is 6.34. The number of aryl methyl sites for hydroxylation is 1. The van der Waals surface area contributed by atoms with Crippen LogP contribution in [0.2, 0.25) is 5.02 Å². The molecule has 0 bridgehead atoms. The number of pyridine rings is 1. The van der Waals surface area contributed by atoms with Crippen LogP contribution in [0, 0.1) is 6.92 Å². The molecule has 1 aromatic heterocycles. The molecule has 110 valence electrons. The molecule has 1 N–H and O–H groups in total. The molecule has 7 heteroatoms. The van der Waals surface area contributed by atoms with E-state index in [1.165, 1.54) is 6.20 Å². The Morgan fingerprint density at radius 2 is 2.00 bits per heavy atom. The first kappa shape index (κ1) is 16.3. The highest BCUT2D eigenvalue weighted by Crippen LogP contribution is 2.34. The molecule has 0 aliphatic carbocycles. The van der Waals surface area contributed by atoms with Crippen molar-refractivity contribution in [2.24, 2.45) is 0 Å². The Labute approximate surface area is 144 Å². The maximum absolute atomic E-state index is 12.3. The molecule has 0 unspecified atom stereocenters. The van der Waals surface area contributed by atoms with Crippen LogP contribution in [0.3, 0.4) is 0 Å². The molecular formula is C14H11Br2ClN2O2. The summed E-state index contributed by atoms with van der Waals surface area (Å²) in [6.45, 7) is 1.81. The molecule has 0 radical (unpaired) electrons. The van der Waals surface area contributed by atoms with Crippen molar-refractivity contribution in [3.05, 3.63) is 49.6 Å². The average molecular weight is 435 g/mol. The molecule has 0 aliphatic rings. The smallest absolute Gasteiger partial charge is 0.258 e. The monoisotopic (exact) mass is 432 g/mol. The van der Waals surface area contributed by atoms with Gasteiger partial charge in [-0.2, -0.15) is 0 Å². The Bertz CT molecular complexity index is 708. The Kier molecular flexibility index (Phi) is 5.24. The zero-order chi connectivity index (χ0) is 15.6. The van der Waals surface area contributed by atoms with Gasteiger partial charge in [0, 0.05) is 22.4 Å². The third kappa shape index (κ3) is 3.75. The molecule has 0 saturated carbocycles. The Balaban J connectivity index is 2.31. The highest BCUT2D eigenvalue weighted by atomic mass is 79.9. The number of carbonyl (C=O) groups excluding carboxylic acids is 1. The lowest BCUT2D eigenvalue weighted by Crippen LogP contribution is -2.13. The minimum absolute atomic E-state index is 0.316. The largest absolute Gasteiger partial charge is 0.495 e. The zero-order valence-corrected chi connectivity index (χ0v) is 15.1. The number of rotatable bonds is 3. The standard InChI is InChI=1S/C14H11Br2ClN2O2/c1-7-3-11(17)8(6-18-7)14(20)19-12-5-13(21-2)10(16)4-9(12)15/h3-6H,1-2H3,(H,19,20). The first-order chi connectivity index (χ1) is 9.92. The molecule has 1 aromatic carbocycles. The number of amides is 1. The van der Waals surface area contributed by atoms with Crippen LogP contribution in [-0.4, -0.2) is 18.0 Å². The number of halogens is 3. The van der Waals surface area contributed by atoms with Crippen LogP contribution < -0.4 is 10.1 Å². The summed E-state index contributed by atoms with van der Waals surface area (Å²) >= 11 is 12.8. The summed E-state index contributed by atoms with van der Waals surface area (Å²) in [4.78, 5) is 16.4. The summed E-state index contributed by atoms with van der Waals surface area (Å²) < 4.78 is 6.71. The van der Waals surface area contributed by atoms with Gasteiger partial charge in [-0.25, -0.2) is 0 Å². The number of aromatic nitrogens is 1. The van der Waals surface area contributed by atoms with Gasteiger partial charge in [0.2, 0.25) is 0 Å². The predicted molar refractivity (Wildman–Crippen MR) is 90.3 cm³/mol. The van der Waals surface area contributed by atoms with Crippen LogP contribution in [0.5, 0.6) is 5.75 Å². The minimum Gasteiger partial charge on any atom is -0.495 e. The number of methoxy groups -OCH3 is 1. The molecule has 4 nitrogen and oxygen atoms in total. The van der Waals surface area contributed by atoms with Gasteiger partial charge < -0.3 is 10.1 Å². The number of nitrogens with one attached hydrogen (secondary N) is 1. The molecule has 0 aliphatic heterocycles. The van der Waals surface area contributed by atoms with Crippen LogP contribution in [0.4, 0.5) is 5.69 Å². The predicted octanol–water partition coefficient (Wildman–Crippen LogP) is 4.83. The number of hydrogen-bond acceptors (Lipinski definition) is 3. The molecule has 0 saturated heterocycles. The van der Waals surface area contributed by atoms with Crippen molar-refractivity contribution in [3.63, 3.8) is 0 Å². The Hall–Kier alpha value is -1.11. The van der Waals surface area contributed by atoms with Crippen molar-refractivity contribution in [3.8, 4) is 5.75 Å². The van der Waals surface area contributed by atoms with Gasteiger partial charge in [0.15, 0.2) is 0 Å². The molecule has 1 heterocycles. The second-order valence-electron chi connectivity index (χ2n) is 4.23. The van der Waals surface area contributed by atoms with E-state index in [4.69, 9.17) is 16.3 Å². The molecule has 0 spiro atoms. The van der Waals surface area contributed by atoms with Crippen LogP contribution in [-0.2, 0) is 0 Å². The number of hydrogen-bond donors (Lipinski definition) is 1. The number of anilines is 1. The molecule has 0 atom stereocenters. The maximum atomic E-state index is 12.3. The van der Waals surface area contributed by atoms with Gasteiger partial charge in [-0.3, -0.25) is 9.78 Å². The fraction of sp³-hybridized carbons (Fsp3) is 0.143. The van der Waals surface area contributed by atoms with E-state index in [9.17, 15) is 4.79 Å². The Morgan fingerprint density at radius 1 is 1.29 bits per heavy atom. The van der Waals surface area contributed by atoms with E-state index in [0.717, 1.165) is 14.6 Å². The van der Waals surface area contributed by atoms with E-state index in [0.29, 0.717) is 22.0 Å². The maximum Gasteiger partial charge on any atom is 0.258 e. The first-order valence-electron chi connectivity index (χ1n) is 5.89. The summed E-state index contributed by atoms with van der Waals surface area (Å²) in [6.07, 6.45) is 1.46. The quantitative estimate of drug-likeness (QED) is 0.753. The highest BCUT2D eigenvalue weighted by molar-refractivity contribution is 9.11. The normalized spacial score (nSPS) is 10.3. The van der Waals surface area contributed by atoms with E-state index in [2.05, 4.69) is 42.2 Å². The summed E-state index contributed by atoms with van der Waals surface area (Å²) in [5, 5.41) is 3.14. The molecule has 1 amide bonds. The van der Waals surface area contributed by atoms with Crippen molar-refractivity contribution in [2.45, 2.75) is 6.92 Å². The molecule has 2 aromatic rings. The minimum atomic E-state index is -0.336. The third-order valence-corrected chi connectivity index (χ3v) is 4.31.